The van der Waals surface area contributed by atoms with Gasteiger partial charge >= 0.3 is 0 Å². The normalized spacial score (nSPS) is 10.4. The molecule has 17 heavy (non-hydrogen) atoms. The van der Waals surface area contributed by atoms with Crippen molar-refractivity contribution in [2.75, 3.05) is 7.11 Å². The second-order valence-corrected chi connectivity index (χ2v) is 4.29. The predicted molar refractivity (Wildman–Crippen MR) is 68.4 cm³/mol. The van der Waals surface area contributed by atoms with Gasteiger partial charge in [-0.15, -0.1) is 0 Å². The molecule has 2 aromatic rings. The van der Waals surface area contributed by atoms with E-state index in [9.17, 15) is 4.39 Å². The van der Waals surface area contributed by atoms with Gasteiger partial charge in [-0.1, -0.05) is 35.3 Å². The van der Waals surface area contributed by atoms with Crippen molar-refractivity contribution >= 4 is 23.2 Å². The van der Waals surface area contributed by atoms with E-state index < -0.39 is 5.82 Å². The highest BCUT2D eigenvalue weighted by Gasteiger charge is 2.14. The zero-order valence-corrected chi connectivity index (χ0v) is 10.5. The summed E-state index contributed by atoms with van der Waals surface area (Å²) in [7, 11) is 1.41. The summed E-state index contributed by atoms with van der Waals surface area (Å²) in [6.45, 7) is 0. The minimum atomic E-state index is -0.470. The summed E-state index contributed by atoms with van der Waals surface area (Å²) < 4.78 is 19.0. The molecule has 2 aromatic carbocycles. The summed E-state index contributed by atoms with van der Waals surface area (Å²) in [5, 5.41) is 0.929. The van der Waals surface area contributed by atoms with Crippen LogP contribution in [0.25, 0.3) is 11.1 Å². The van der Waals surface area contributed by atoms with Crippen LogP contribution < -0.4 is 4.74 Å². The van der Waals surface area contributed by atoms with E-state index in [1.54, 1.807) is 30.3 Å². The van der Waals surface area contributed by atoms with Gasteiger partial charge in [-0.05, 0) is 29.8 Å². The van der Waals surface area contributed by atoms with E-state index >= 15 is 0 Å². The van der Waals surface area contributed by atoms with Crippen LogP contribution in [0, 0.1) is 5.82 Å². The van der Waals surface area contributed by atoms with Crippen molar-refractivity contribution in [1.82, 2.24) is 0 Å². The first-order chi connectivity index (χ1) is 8.13. The van der Waals surface area contributed by atoms with Crippen molar-refractivity contribution in [3.63, 3.8) is 0 Å². The van der Waals surface area contributed by atoms with Crippen LogP contribution in [0.15, 0.2) is 36.4 Å². The Bertz CT molecular complexity index is 538. The molecule has 0 amide bonds. The van der Waals surface area contributed by atoms with E-state index in [4.69, 9.17) is 27.9 Å². The molecule has 88 valence electrons. The van der Waals surface area contributed by atoms with Gasteiger partial charge in [-0.2, -0.15) is 0 Å². The minimum absolute atomic E-state index is 0.166. The first-order valence-corrected chi connectivity index (χ1v) is 5.67. The second-order valence-electron chi connectivity index (χ2n) is 3.45. The van der Waals surface area contributed by atoms with Crippen LogP contribution >= 0.6 is 23.2 Å². The molecule has 0 spiro atoms. The molecular formula is C13H9Cl2FO. The summed E-state index contributed by atoms with van der Waals surface area (Å²) in [6.07, 6.45) is 0. The number of ether oxygens (including phenoxy) is 1. The average molecular weight is 271 g/mol. The summed E-state index contributed by atoms with van der Waals surface area (Å²) in [4.78, 5) is 0. The van der Waals surface area contributed by atoms with Gasteiger partial charge in [0.1, 0.15) is 0 Å². The molecule has 0 aliphatic carbocycles. The van der Waals surface area contributed by atoms with E-state index in [2.05, 4.69) is 0 Å². The molecular weight excluding hydrogens is 262 g/mol. The van der Waals surface area contributed by atoms with Crippen LogP contribution in [-0.4, -0.2) is 7.11 Å². The van der Waals surface area contributed by atoms with Gasteiger partial charge in [0.2, 0.25) is 0 Å². The third-order valence-corrected chi connectivity index (χ3v) is 2.98. The Balaban J connectivity index is 2.61. The van der Waals surface area contributed by atoms with E-state index in [0.29, 0.717) is 21.2 Å². The fourth-order valence-electron chi connectivity index (χ4n) is 1.57. The Hall–Kier alpha value is -1.25. The maximum Gasteiger partial charge on any atom is 0.174 e. The largest absolute Gasteiger partial charge is 0.494 e. The monoisotopic (exact) mass is 270 g/mol. The van der Waals surface area contributed by atoms with Gasteiger partial charge < -0.3 is 4.74 Å². The molecule has 1 nitrogen and oxygen atoms in total. The van der Waals surface area contributed by atoms with Crippen LogP contribution in [0.5, 0.6) is 5.75 Å². The molecule has 0 N–H and O–H groups in total. The van der Waals surface area contributed by atoms with Crippen molar-refractivity contribution in [2.24, 2.45) is 0 Å². The van der Waals surface area contributed by atoms with Crippen LogP contribution in [-0.2, 0) is 0 Å². The molecule has 0 saturated carbocycles. The molecule has 0 bridgehead atoms. The van der Waals surface area contributed by atoms with Crippen molar-refractivity contribution in [3.8, 4) is 16.9 Å². The van der Waals surface area contributed by atoms with Crippen LogP contribution in [0.3, 0.4) is 0 Å². The highest BCUT2D eigenvalue weighted by atomic mass is 35.5. The standard InChI is InChI=1S/C13H9Cl2FO/c1-17-11-7-6-10(15)12(13(11)16)8-2-4-9(14)5-3-8/h2-7H,1H3. The topological polar surface area (TPSA) is 9.23 Å². The van der Waals surface area contributed by atoms with E-state index in [-0.39, 0.29) is 5.75 Å². The van der Waals surface area contributed by atoms with Crippen molar-refractivity contribution in [3.05, 3.63) is 52.3 Å². The maximum atomic E-state index is 14.1. The van der Waals surface area contributed by atoms with Gasteiger partial charge in [0.05, 0.1) is 12.1 Å². The lowest BCUT2D eigenvalue weighted by atomic mass is 10.0. The zero-order chi connectivity index (χ0) is 12.4. The summed E-state index contributed by atoms with van der Waals surface area (Å²) in [5.41, 5.74) is 0.985. The SMILES string of the molecule is COc1ccc(Cl)c(-c2ccc(Cl)cc2)c1F. The first-order valence-electron chi connectivity index (χ1n) is 4.91. The average Bonchev–Trinajstić information content (AvgIpc) is 2.32. The quantitative estimate of drug-likeness (QED) is 0.761. The Morgan fingerprint density at radius 3 is 2.24 bits per heavy atom. The number of benzene rings is 2. The maximum absolute atomic E-state index is 14.1. The summed E-state index contributed by atoms with van der Waals surface area (Å²) in [5.74, 6) is -0.304. The number of halogens is 3. The fourth-order valence-corrected chi connectivity index (χ4v) is 1.95. The van der Waals surface area contributed by atoms with E-state index in [1.807, 2.05) is 0 Å². The number of rotatable bonds is 2. The molecule has 0 radical (unpaired) electrons. The first kappa shape index (κ1) is 12.2. The van der Waals surface area contributed by atoms with Gasteiger partial charge in [0.15, 0.2) is 11.6 Å². The third-order valence-electron chi connectivity index (χ3n) is 2.41. The Morgan fingerprint density at radius 1 is 1.00 bits per heavy atom. The van der Waals surface area contributed by atoms with E-state index in [0.717, 1.165) is 0 Å². The molecule has 0 aliphatic heterocycles. The fraction of sp³-hybridized carbons (Fsp3) is 0.0769. The lowest BCUT2D eigenvalue weighted by Gasteiger charge is -2.09. The van der Waals surface area contributed by atoms with Crippen LogP contribution in [0.4, 0.5) is 4.39 Å². The highest BCUT2D eigenvalue weighted by Crippen LogP contribution is 2.35. The lowest BCUT2D eigenvalue weighted by molar-refractivity contribution is 0.387. The minimum Gasteiger partial charge on any atom is -0.494 e. The number of hydrogen-bond donors (Lipinski definition) is 0. The molecule has 0 aliphatic rings. The molecule has 0 saturated heterocycles. The summed E-state index contributed by atoms with van der Waals surface area (Å²) >= 11 is 11.8. The number of methoxy groups -OCH3 is 1. The van der Waals surface area contributed by atoms with Gasteiger partial charge in [-0.25, -0.2) is 4.39 Å². The predicted octanol–water partition coefficient (Wildman–Crippen LogP) is 4.81. The van der Waals surface area contributed by atoms with Crippen LogP contribution in [0.2, 0.25) is 10.0 Å². The Labute approximate surface area is 109 Å². The molecule has 2 rings (SSSR count). The Morgan fingerprint density at radius 2 is 1.65 bits per heavy atom. The molecule has 4 heteroatoms. The zero-order valence-electron chi connectivity index (χ0n) is 9.01. The van der Waals surface area contributed by atoms with Gasteiger partial charge in [0, 0.05) is 10.6 Å². The molecule has 0 fully saturated rings. The van der Waals surface area contributed by atoms with E-state index in [1.165, 1.54) is 13.2 Å². The molecule has 0 unspecified atom stereocenters. The second kappa shape index (κ2) is 4.94. The smallest absolute Gasteiger partial charge is 0.174 e. The van der Waals surface area contributed by atoms with Crippen molar-refractivity contribution in [1.29, 1.82) is 0 Å². The molecule has 0 aromatic heterocycles. The molecule has 0 heterocycles. The van der Waals surface area contributed by atoms with Crippen molar-refractivity contribution < 1.29 is 9.13 Å². The molecule has 0 atom stereocenters. The lowest BCUT2D eigenvalue weighted by Crippen LogP contribution is -1.92. The Kier molecular flexibility index (Phi) is 3.55. The van der Waals surface area contributed by atoms with Gasteiger partial charge in [-0.3, -0.25) is 0 Å². The number of hydrogen-bond acceptors (Lipinski definition) is 1. The van der Waals surface area contributed by atoms with Crippen molar-refractivity contribution in [2.45, 2.75) is 0 Å². The third kappa shape index (κ3) is 2.38. The summed E-state index contributed by atoms with van der Waals surface area (Å²) in [6, 6.07) is 9.90. The highest BCUT2D eigenvalue weighted by molar-refractivity contribution is 6.33. The van der Waals surface area contributed by atoms with Crippen LogP contribution in [0.1, 0.15) is 0 Å². The van der Waals surface area contributed by atoms with Gasteiger partial charge in [0.25, 0.3) is 0 Å².